The Hall–Kier alpha value is -1.06. The molecule has 2 heterocycles. The van der Waals surface area contributed by atoms with Gasteiger partial charge in [-0.05, 0) is 6.07 Å². The zero-order chi connectivity index (χ0) is 9.97. The van der Waals surface area contributed by atoms with E-state index in [0.717, 1.165) is 5.56 Å². The fourth-order valence-electron chi connectivity index (χ4n) is 1.13. The minimum absolute atomic E-state index is 0.407. The quantitative estimate of drug-likeness (QED) is 0.739. The van der Waals surface area contributed by atoms with Crippen molar-refractivity contribution in [3.05, 3.63) is 46.7 Å². The minimum Gasteiger partial charge on any atom is -0.333 e. The number of imidazole rings is 1. The molecular weight excluding hydrogens is 221 g/mol. The van der Waals surface area contributed by atoms with Crippen molar-refractivity contribution in [1.29, 1.82) is 0 Å². The predicted octanol–water partition coefficient (Wildman–Crippen LogP) is 2.63. The Morgan fingerprint density at radius 3 is 2.86 bits per heavy atom. The van der Waals surface area contributed by atoms with Crippen LogP contribution < -0.4 is 0 Å². The molecule has 0 saturated carbocycles. The highest BCUT2D eigenvalue weighted by Gasteiger charge is 2.02. The average Bonchev–Trinajstić information content (AvgIpc) is 2.62. The standard InChI is InChI=1S/C9H7Cl2N3/c10-8-3-9(11)13-4-7(8)5-14-2-1-12-6-14/h1-4,6H,5H2. The van der Waals surface area contributed by atoms with Crippen molar-refractivity contribution < 1.29 is 0 Å². The molecule has 0 aromatic carbocycles. The van der Waals surface area contributed by atoms with Crippen LogP contribution in [0.1, 0.15) is 5.56 Å². The summed E-state index contributed by atoms with van der Waals surface area (Å²) >= 11 is 11.7. The molecule has 0 saturated heterocycles. The third-order valence-electron chi connectivity index (χ3n) is 1.81. The molecule has 0 aliphatic heterocycles. The molecule has 3 nitrogen and oxygen atoms in total. The summed E-state index contributed by atoms with van der Waals surface area (Å²) in [5.74, 6) is 0. The maximum atomic E-state index is 5.99. The van der Waals surface area contributed by atoms with Gasteiger partial charge in [-0.25, -0.2) is 9.97 Å². The zero-order valence-electron chi connectivity index (χ0n) is 7.19. The summed E-state index contributed by atoms with van der Waals surface area (Å²) < 4.78 is 1.91. The first kappa shape index (κ1) is 9.49. The van der Waals surface area contributed by atoms with Crippen LogP contribution in [0.4, 0.5) is 0 Å². The van der Waals surface area contributed by atoms with Gasteiger partial charge in [0.1, 0.15) is 5.15 Å². The molecule has 0 bridgehead atoms. The van der Waals surface area contributed by atoms with Crippen molar-refractivity contribution in [3.8, 4) is 0 Å². The first-order valence-electron chi connectivity index (χ1n) is 4.01. The van der Waals surface area contributed by atoms with E-state index in [0.29, 0.717) is 16.7 Å². The summed E-state index contributed by atoms with van der Waals surface area (Å²) in [6.45, 7) is 0.656. The SMILES string of the molecule is Clc1cc(Cl)c(Cn2ccnc2)cn1. The molecule has 0 unspecified atom stereocenters. The molecule has 14 heavy (non-hydrogen) atoms. The van der Waals surface area contributed by atoms with E-state index in [9.17, 15) is 0 Å². The Bertz CT molecular complexity index is 426. The lowest BCUT2D eigenvalue weighted by atomic mass is 10.3. The molecule has 0 atom stereocenters. The first-order chi connectivity index (χ1) is 6.75. The van der Waals surface area contributed by atoms with Crippen molar-refractivity contribution >= 4 is 23.2 Å². The maximum absolute atomic E-state index is 5.99. The van der Waals surface area contributed by atoms with Crippen LogP contribution in [0.2, 0.25) is 10.2 Å². The van der Waals surface area contributed by atoms with E-state index < -0.39 is 0 Å². The van der Waals surface area contributed by atoms with E-state index in [-0.39, 0.29) is 0 Å². The van der Waals surface area contributed by atoms with Crippen LogP contribution in [0.3, 0.4) is 0 Å². The van der Waals surface area contributed by atoms with Crippen LogP contribution in [0.25, 0.3) is 0 Å². The topological polar surface area (TPSA) is 30.7 Å². The molecule has 2 rings (SSSR count). The van der Waals surface area contributed by atoms with Crippen molar-refractivity contribution in [1.82, 2.24) is 14.5 Å². The fourth-order valence-corrected chi connectivity index (χ4v) is 1.55. The van der Waals surface area contributed by atoms with Gasteiger partial charge in [-0.15, -0.1) is 0 Å². The van der Waals surface area contributed by atoms with Gasteiger partial charge >= 0.3 is 0 Å². The van der Waals surface area contributed by atoms with Crippen molar-refractivity contribution in [2.24, 2.45) is 0 Å². The normalized spacial score (nSPS) is 10.4. The number of halogens is 2. The Balaban J connectivity index is 2.25. The molecule has 0 amide bonds. The average molecular weight is 228 g/mol. The summed E-state index contributed by atoms with van der Waals surface area (Å²) in [5, 5.41) is 1.03. The van der Waals surface area contributed by atoms with Gasteiger partial charge in [-0.3, -0.25) is 0 Å². The second-order valence-electron chi connectivity index (χ2n) is 2.83. The molecule has 2 aromatic heterocycles. The summed E-state index contributed by atoms with van der Waals surface area (Å²) in [5.41, 5.74) is 0.925. The summed E-state index contributed by atoms with van der Waals surface area (Å²) in [6.07, 6.45) is 6.98. The third kappa shape index (κ3) is 2.05. The van der Waals surface area contributed by atoms with Crippen LogP contribution >= 0.6 is 23.2 Å². The lowest BCUT2D eigenvalue weighted by Gasteiger charge is -2.04. The molecule has 2 aromatic rings. The van der Waals surface area contributed by atoms with Gasteiger partial charge in [-0.1, -0.05) is 23.2 Å². The molecule has 0 fully saturated rings. The molecule has 72 valence electrons. The molecule has 0 N–H and O–H groups in total. The molecule has 5 heteroatoms. The van der Waals surface area contributed by atoms with E-state index in [4.69, 9.17) is 23.2 Å². The molecule has 0 aliphatic carbocycles. The number of pyridine rings is 1. The maximum Gasteiger partial charge on any atom is 0.130 e. The highest BCUT2D eigenvalue weighted by Crippen LogP contribution is 2.19. The summed E-state index contributed by atoms with van der Waals surface area (Å²) in [7, 11) is 0. The van der Waals surface area contributed by atoms with Gasteiger partial charge in [0, 0.05) is 24.2 Å². The lowest BCUT2D eigenvalue weighted by Crippen LogP contribution is -1.97. The largest absolute Gasteiger partial charge is 0.333 e. The van der Waals surface area contributed by atoms with E-state index in [1.807, 2.05) is 10.8 Å². The van der Waals surface area contributed by atoms with Crippen molar-refractivity contribution in [2.75, 3.05) is 0 Å². The Labute approximate surface area is 91.3 Å². The van der Waals surface area contributed by atoms with Gasteiger partial charge in [0.05, 0.1) is 17.9 Å². The van der Waals surface area contributed by atoms with Crippen LogP contribution in [0.15, 0.2) is 31.0 Å². The number of hydrogen-bond donors (Lipinski definition) is 0. The fraction of sp³-hybridized carbons (Fsp3) is 0.111. The zero-order valence-corrected chi connectivity index (χ0v) is 8.70. The minimum atomic E-state index is 0.407. The Morgan fingerprint density at radius 1 is 1.36 bits per heavy atom. The van der Waals surface area contributed by atoms with E-state index >= 15 is 0 Å². The van der Waals surface area contributed by atoms with E-state index in [1.165, 1.54) is 0 Å². The first-order valence-corrected chi connectivity index (χ1v) is 4.77. The van der Waals surface area contributed by atoms with Crippen LogP contribution in [-0.2, 0) is 6.54 Å². The lowest BCUT2D eigenvalue weighted by molar-refractivity contribution is 0.793. The monoisotopic (exact) mass is 227 g/mol. The smallest absolute Gasteiger partial charge is 0.130 e. The van der Waals surface area contributed by atoms with E-state index in [1.54, 1.807) is 24.8 Å². The number of nitrogens with zero attached hydrogens (tertiary/aromatic N) is 3. The number of hydrogen-bond acceptors (Lipinski definition) is 2. The molecule has 0 aliphatic rings. The second-order valence-corrected chi connectivity index (χ2v) is 3.63. The molecule has 0 radical (unpaired) electrons. The highest BCUT2D eigenvalue weighted by molar-refractivity contribution is 6.34. The van der Waals surface area contributed by atoms with E-state index in [2.05, 4.69) is 9.97 Å². The molecular formula is C9H7Cl2N3. The van der Waals surface area contributed by atoms with Gasteiger partial charge in [0.15, 0.2) is 0 Å². The molecule has 0 spiro atoms. The van der Waals surface area contributed by atoms with Crippen molar-refractivity contribution in [2.45, 2.75) is 6.54 Å². The second kappa shape index (κ2) is 3.98. The van der Waals surface area contributed by atoms with Gasteiger partial charge in [0.25, 0.3) is 0 Å². The number of rotatable bonds is 2. The third-order valence-corrected chi connectivity index (χ3v) is 2.37. The summed E-state index contributed by atoms with van der Waals surface area (Å²) in [4.78, 5) is 7.91. The Kier molecular flexibility index (Phi) is 2.70. The van der Waals surface area contributed by atoms with Crippen LogP contribution in [-0.4, -0.2) is 14.5 Å². The van der Waals surface area contributed by atoms with Crippen LogP contribution in [0, 0.1) is 0 Å². The van der Waals surface area contributed by atoms with Crippen LogP contribution in [0.5, 0.6) is 0 Å². The predicted molar refractivity (Wildman–Crippen MR) is 55.6 cm³/mol. The van der Waals surface area contributed by atoms with Gasteiger partial charge < -0.3 is 4.57 Å². The summed E-state index contributed by atoms with van der Waals surface area (Å²) in [6, 6.07) is 1.63. The number of aromatic nitrogens is 3. The van der Waals surface area contributed by atoms with Gasteiger partial charge in [-0.2, -0.15) is 0 Å². The highest BCUT2D eigenvalue weighted by atomic mass is 35.5. The van der Waals surface area contributed by atoms with Crippen molar-refractivity contribution in [3.63, 3.8) is 0 Å². The Morgan fingerprint density at radius 2 is 2.21 bits per heavy atom. The van der Waals surface area contributed by atoms with Gasteiger partial charge in [0.2, 0.25) is 0 Å².